The number of benzene rings is 1. The van der Waals surface area contributed by atoms with Crippen LogP contribution in [-0.4, -0.2) is 29.3 Å². The number of para-hydroxylation sites is 1. The number of hydrogen-bond donors (Lipinski definition) is 1. The van der Waals surface area contributed by atoms with Crippen molar-refractivity contribution < 1.29 is 5.11 Å². The molecule has 1 aromatic heterocycles. The van der Waals surface area contributed by atoms with E-state index in [4.69, 9.17) is 4.98 Å². The van der Waals surface area contributed by atoms with Crippen molar-refractivity contribution in [1.29, 1.82) is 0 Å². The number of rotatable bonds is 3. The van der Waals surface area contributed by atoms with E-state index in [0.29, 0.717) is 6.04 Å². The fourth-order valence-corrected chi connectivity index (χ4v) is 2.97. The first-order chi connectivity index (χ1) is 9.38. The van der Waals surface area contributed by atoms with Crippen molar-refractivity contribution in [2.24, 2.45) is 0 Å². The normalized spacial score (nSPS) is 19.8. The Labute approximate surface area is 113 Å². The van der Waals surface area contributed by atoms with E-state index in [1.807, 2.05) is 12.1 Å². The third-order valence-electron chi connectivity index (χ3n) is 3.97. The van der Waals surface area contributed by atoms with Gasteiger partial charge in [-0.3, -0.25) is 0 Å². The molecule has 0 amide bonds. The average Bonchev–Trinajstić information content (AvgIpc) is 2.48. The van der Waals surface area contributed by atoms with Crippen LogP contribution >= 0.6 is 0 Å². The number of pyridine rings is 1. The van der Waals surface area contributed by atoms with Gasteiger partial charge in [0.25, 0.3) is 0 Å². The maximum absolute atomic E-state index is 9.21. The Hall–Kier alpha value is -1.61. The lowest BCUT2D eigenvalue weighted by Crippen LogP contribution is -2.40. The molecule has 19 heavy (non-hydrogen) atoms. The van der Waals surface area contributed by atoms with Crippen LogP contribution in [0, 0.1) is 0 Å². The summed E-state index contributed by atoms with van der Waals surface area (Å²) >= 11 is 0. The van der Waals surface area contributed by atoms with Gasteiger partial charge >= 0.3 is 0 Å². The zero-order valence-corrected chi connectivity index (χ0v) is 11.1. The van der Waals surface area contributed by atoms with Gasteiger partial charge < -0.3 is 10.0 Å². The lowest BCUT2D eigenvalue weighted by Gasteiger charge is -2.36. The zero-order valence-electron chi connectivity index (χ0n) is 11.1. The molecule has 0 spiro atoms. The standard InChI is InChI=1S/C16H20N2O/c19-12-10-14-6-3-4-11-18(14)16-9-8-13-5-1-2-7-15(13)17-16/h1-2,5,7-9,14,19H,3-4,6,10-12H2. The minimum atomic E-state index is 0.259. The first-order valence-electron chi connectivity index (χ1n) is 7.12. The number of fused-ring (bicyclic) bond motifs is 1. The van der Waals surface area contributed by atoms with Crippen LogP contribution in [0.2, 0.25) is 0 Å². The van der Waals surface area contributed by atoms with E-state index in [9.17, 15) is 5.11 Å². The van der Waals surface area contributed by atoms with Crippen LogP contribution in [0.25, 0.3) is 10.9 Å². The molecular formula is C16H20N2O. The number of aliphatic hydroxyl groups excluding tert-OH is 1. The number of aliphatic hydroxyl groups is 1. The summed E-state index contributed by atoms with van der Waals surface area (Å²) in [6.45, 7) is 1.31. The number of anilines is 1. The van der Waals surface area contributed by atoms with E-state index in [0.717, 1.165) is 30.7 Å². The van der Waals surface area contributed by atoms with E-state index in [1.165, 1.54) is 18.2 Å². The molecular weight excluding hydrogens is 236 g/mol. The van der Waals surface area contributed by atoms with Crippen molar-refractivity contribution in [2.45, 2.75) is 31.7 Å². The highest BCUT2D eigenvalue weighted by Gasteiger charge is 2.23. The first-order valence-corrected chi connectivity index (χ1v) is 7.12. The Morgan fingerprint density at radius 2 is 2.05 bits per heavy atom. The Balaban J connectivity index is 1.92. The Kier molecular flexibility index (Phi) is 3.65. The van der Waals surface area contributed by atoms with Crippen molar-refractivity contribution in [3.05, 3.63) is 36.4 Å². The highest BCUT2D eigenvalue weighted by Crippen LogP contribution is 2.26. The highest BCUT2D eigenvalue weighted by atomic mass is 16.3. The second-order valence-corrected chi connectivity index (χ2v) is 5.22. The molecule has 2 aromatic rings. The lowest BCUT2D eigenvalue weighted by atomic mass is 9.99. The number of piperidine rings is 1. The van der Waals surface area contributed by atoms with Crippen LogP contribution in [0.5, 0.6) is 0 Å². The predicted octanol–water partition coefficient (Wildman–Crippen LogP) is 2.98. The molecule has 1 unspecified atom stereocenters. The fourth-order valence-electron chi connectivity index (χ4n) is 2.97. The molecule has 2 heterocycles. The molecule has 0 radical (unpaired) electrons. The van der Waals surface area contributed by atoms with Gasteiger partial charge in [0.05, 0.1) is 5.52 Å². The smallest absolute Gasteiger partial charge is 0.129 e. The van der Waals surface area contributed by atoms with Gasteiger partial charge in [-0.25, -0.2) is 4.98 Å². The summed E-state index contributed by atoms with van der Waals surface area (Å²) in [6, 6.07) is 12.9. The van der Waals surface area contributed by atoms with Gasteiger partial charge in [-0.05, 0) is 43.9 Å². The van der Waals surface area contributed by atoms with E-state index >= 15 is 0 Å². The molecule has 1 fully saturated rings. The molecule has 1 N–H and O–H groups in total. The lowest BCUT2D eigenvalue weighted by molar-refractivity contribution is 0.262. The minimum Gasteiger partial charge on any atom is -0.396 e. The topological polar surface area (TPSA) is 36.4 Å². The number of aromatic nitrogens is 1. The third-order valence-corrected chi connectivity index (χ3v) is 3.97. The van der Waals surface area contributed by atoms with Crippen LogP contribution in [0.3, 0.4) is 0 Å². The summed E-state index contributed by atoms with van der Waals surface area (Å²) in [5, 5.41) is 10.4. The second kappa shape index (κ2) is 5.57. The molecule has 3 nitrogen and oxygen atoms in total. The first kappa shape index (κ1) is 12.4. The van der Waals surface area contributed by atoms with Crippen molar-refractivity contribution in [1.82, 2.24) is 4.98 Å². The largest absolute Gasteiger partial charge is 0.396 e. The van der Waals surface area contributed by atoms with Crippen LogP contribution in [0.4, 0.5) is 5.82 Å². The van der Waals surface area contributed by atoms with Gasteiger partial charge in [-0.2, -0.15) is 0 Å². The summed E-state index contributed by atoms with van der Waals surface area (Å²) in [4.78, 5) is 7.14. The molecule has 1 saturated heterocycles. The number of nitrogens with zero attached hydrogens (tertiary/aromatic N) is 2. The molecule has 1 aliphatic heterocycles. The Morgan fingerprint density at radius 1 is 1.16 bits per heavy atom. The van der Waals surface area contributed by atoms with Gasteiger partial charge in [0.15, 0.2) is 0 Å². The van der Waals surface area contributed by atoms with Crippen molar-refractivity contribution in [3.63, 3.8) is 0 Å². The predicted molar refractivity (Wildman–Crippen MR) is 78.4 cm³/mol. The van der Waals surface area contributed by atoms with E-state index < -0.39 is 0 Å². The SMILES string of the molecule is OCCC1CCCCN1c1ccc2ccccc2n1. The van der Waals surface area contributed by atoms with Crippen molar-refractivity contribution >= 4 is 16.7 Å². The molecule has 0 bridgehead atoms. The van der Waals surface area contributed by atoms with Crippen LogP contribution < -0.4 is 4.90 Å². The molecule has 1 aliphatic rings. The second-order valence-electron chi connectivity index (χ2n) is 5.22. The third kappa shape index (κ3) is 2.56. The molecule has 3 rings (SSSR count). The Bertz CT molecular complexity index is 553. The average molecular weight is 256 g/mol. The molecule has 1 atom stereocenters. The summed E-state index contributed by atoms with van der Waals surface area (Å²) in [5.74, 6) is 1.05. The van der Waals surface area contributed by atoms with E-state index in [2.05, 4.69) is 29.2 Å². The quantitative estimate of drug-likeness (QED) is 0.917. The zero-order chi connectivity index (χ0) is 13.1. The van der Waals surface area contributed by atoms with Crippen molar-refractivity contribution in [2.75, 3.05) is 18.1 Å². The minimum absolute atomic E-state index is 0.259. The van der Waals surface area contributed by atoms with Crippen LogP contribution in [-0.2, 0) is 0 Å². The van der Waals surface area contributed by atoms with Crippen LogP contribution in [0.1, 0.15) is 25.7 Å². The fraction of sp³-hybridized carbons (Fsp3) is 0.438. The Morgan fingerprint density at radius 3 is 2.95 bits per heavy atom. The summed E-state index contributed by atoms with van der Waals surface area (Å²) in [5.41, 5.74) is 1.05. The van der Waals surface area contributed by atoms with Gasteiger partial charge in [-0.15, -0.1) is 0 Å². The van der Waals surface area contributed by atoms with E-state index in [1.54, 1.807) is 0 Å². The van der Waals surface area contributed by atoms with Gasteiger partial charge in [0, 0.05) is 24.6 Å². The summed E-state index contributed by atoms with van der Waals surface area (Å²) in [7, 11) is 0. The van der Waals surface area contributed by atoms with Gasteiger partial charge in [0.2, 0.25) is 0 Å². The molecule has 0 saturated carbocycles. The maximum atomic E-state index is 9.21. The molecule has 1 aromatic carbocycles. The summed E-state index contributed by atoms with van der Waals surface area (Å²) in [6.07, 6.45) is 4.48. The number of hydrogen-bond acceptors (Lipinski definition) is 3. The van der Waals surface area contributed by atoms with Crippen LogP contribution in [0.15, 0.2) is 36.4 Å². The monoisotopic (exact) mass is 256 g/mol. The summed E-state index contributed by atoms with van der Waals surface area (Å²) < 4.78 is 0. The van der Waals surface area contributed by atoms with Crippen molar-refractivity contribution in [3.8, 4) is 0 Å². The molecule has 100 valence electrons. The molecule has 3 heteroatoms. The van der Waals surface area contributed by atoms with Gasteiger partial charge in [0.1, 0.15) is 5.82 Å². The van der Waals surface area contributed by atoms with Gasteiger partial charge in [-0.1, -0.05) is 18.2 Å². The highest BCUT2D eigenvalue weighted by molar-refractivity contribution is 5.80. The molecule has 0 aliphatic carbocycles. The van der Waals surface area contributed by atoms with E-state index in [-0.39, 0.29) is 6.61 Å². The maximum Gasteiger partial charge on any atom is 0.129 e.